The predicted molar refractivity (Wildman–Crippen MR) is 134 cm³/mol. The molecule has 0 unspecified atom stereocenters. The first-order chi connectivity index (χ1) is 16.0. The summed E-state index contributed by atoms with van der Waals surface area (Å²) in [5, 5.41) is 5.93. The summed E-state index contributed by atoms with van der Waals surface area (Å²) in [5.41, 5.74) is 6.98. The van der Waals surface area contributed by atoms with E-state index >= 15 is 0 Å². The molecule has 0 aliphatic rings. The fraction of sp³-hybridized carbons (Fsp3) is 0.179. The Morgan fingerprint density at radius 3 is 2.42 bits per heavy atom. The van der Waals surface area contributed by atoms with Crippen LogP contribution in [0.25, 0.3) is 21.8 Å². The van der Waals surface area contributed by atoms with Gasteiger partial charge in [0.15, 0.2) is 5.78 Å². The number of rotatable bonds is 8. The van der Waals surface area contributed by atoms with Crippen LogP contribution in [0.15, 0.2) is 78.2 Å². The first-order valence-corrected chi connectivity index (χ1v) is 11.8. The van der Waals surface area contributed by atoms with Crippen molar-refractivity contribution in [2.75, 3.05) is 0 Å². The number of Topliss-reactive ketones (excluding diaryl/α,β-unsaturated/α-hetero) is 1. The highest BCUT2D eigenvalue weighted by Crippen LogP contribution is 2.29. The van der Waals surface area contributed by atoms with Crippen molar-refractivity contribution in [3.8, 4) is 21.8 Å². The molecular formula is C28H26N2O2S. The molecule has 1 N–H and O–H groups in total. The second-order valence-corrected chi connectivity index (χ2v) is 8.96. The maximum Gasteiger partial charge on any atom is 0.220 e. The number of thiazole rings is 1. The van der Waals surface area contributed by atoms with Gasteiger partial charge in [0.1, 0.15) is 5.01 Å². The van der Waals surface area contributed by atoms with Crippen LogP contribution in [0.2, 0.25) is 0 Å². The number of amides is 1. The van der Waals surface area contributed by atoms with Crippen molar-refractivity contribution in [2.45, 2.75) is 33.2 Å². The highest BCUT2D eigenvalue weighted by atomic mass is 32.1. The van der Waals surface area contributed by atoms with Crippen LogP contribution in [0.1, 0.15) is 39.9 Å². The molecule has 1 amide bonds. The molecule has 0 atom stereocenters. The number of hydrogen-bond acceptors (Lipinski definition) is 4. The maximum absolute atomic E-state index is 12.4. The SMILES string of the molecule is Cc1ccc(C(=O)CCC(=O)NCc2cccc(-c3nc(-c4ccccc4)cs3)c2)cc1C. The van der Waals surface area contributed by atoms with E-state index in [9.17, 15) is 9.59 Å². The predicted octanol–water partition coefficient (Wildman–Crippen LogP) is 6.37. The van der Waals surface area contributed by atoms with Crippen LogP contribution in [-0.4, -0.2) is 16.7 Å². The molecule has 5 heteroatoms. The average Bonchev–Trinajstić information content (AvgIpc) is 3.34. The molecule has 33 heavy (non-hydrogen) atoms. The van der Waals surface area contributed by atoms with Crippen LogP contribution in [0.3, 0.4) is 0 Å². The smallest absolute Gasteiger partial charge is 0.220 e. The minimum Gasteiger partial charge on any atom is -0.352 e. The minimum atomic E-state index is -0.127. The topological polar surface area (TPSA) is 59.1 Å². The van der Waals surface area contributed by atoms with Gasteiger partial charge in [-0.2, -0.15) is 0 Å². The summed E-state index contributed by atoms with van der Waals surface area (Å²) in [4.78, 5) is 29.5. The normalized spacial score (nSPS) is 10.7. The first-order valence-electron chi connectivity index (χ1n) is 11.0. The van der Waals surface area contributed by atoms with E-state index in [1.165, 1.54) is 0 Å². The third kappa shape index (κ3) is 5.82. The van der Waals surface area contributed by atoms with Gasteiger partial charge in [0.2, 0.25) is 5.91 Å². The zero-order chi connectivity index (χ0) is 23.2. The van der Waals surface area contributed by atoms with Gasteiger partial charge in [0.25, 0.3) is 0 Å². The molecule has 0 saturated carbocycles. The Bertz CT molecular complexity index is 1280. The first kappa shape index (κ1) is 22.6. The van der Waals surface area contributed by atoms with E-state index in [1.807, 2.05) is 74.5 Å². The Balaban J connectivity index is 1.32. The molecule has 0 saturated heterocycles. The Labute approximate surface area is 198 Å². The molecule has 166 valence electrons. The second-order valence-electron chi connectivity index (χ2n) is 8.10. The van der Waals surface area contributed by atoms with Crippen LogP contribution < -0.4 is 5.32 Å². The largest absolute Gasteiger partial charge is 0.352 e. The van der Waals surface area contributed by atoms with E-state index in [0.29, 0.717) is 12.1 Å². The third-order valence-electron chi connectivity index (χ3n) is 5.65. The molecule has 4 rings (SSSR count). The lowest BCUT2D eigenvalue weighted by Crippen LogP contribution is -2.23. The summed E-state index contributed by atoms with van der Waals surface area (Å²) in [6, 6.07) is 23.8. The minimum absolute atomic E-state index is 0.00626. The number of aryl methyl sites for hydroxylation is 2. The summed E-state index contributed by atoms with van der Waals surface area (Å²) in [6.45, 7) is 4.42. The van der Waals surface area contributed by atoms with Gasteiger partial charge in [-0.05, 0) is 42.7 Å². The number of hydrogen-bond donors (Lipinski definition) is 1. The summed E-state index contributed by atoms with van der Waals surface area (Å²) < 4.78 is 0. The van der Waals surface area contributed by atoms with Gasteiger partial charge in [-0.1, -0.05) is 60.7 Å². The molecule has 4 nitrogen and oxygen atoms in total. The molecule has 1 heterocycles. The van der Waals surface area contributed by atoms with Gasteiger partial charge < -0.3 is 5.32 Å². The summed E-state index contributed by atoms with van der Waals surface area (Å²) in [7, 11) is 0. The van der Waals surface area contributed by atoms with Gasteiger partial charge in [-0.15, -0.1) is 11.3 Å². The van der Waals surface area contributed by atoms with Crippen molar-refractivity contribution < 1.29 is 9.59 Å². The van der Waals surface area contributed by atoms with Crippen molar-refractivity contribution in [1.82, 2.24) is 10.3 Å². The summed E-state index contributed by atoms with van der Waals surface area (Å²) in [5.74, 6) is -0.133. The molecule has 1 aromatic heterocycles. The Hall–Kier alpha value is -3.57. The number of nitrogens with one attached hydrogen (secondary N) is 1. The van der Waals surface area contributed by atoms with Crippen LogP contribution in [0.5, 0.6) is 0 Å². The Morgan fingerprint density at radius 2 is 1.64 bits per heavy atom. The fourth-order valence-corrected chi connectivity index (χ4v) is 4.36. The summed E-state index contributed by atoms with van der Waals surface area (Å²) >= 11 is 1.61. The molecule has 0 bridgehead atoms. The second kappa shape index (κ2) is 10.4. The molecule has 0 aliphatic carbocycles. The van der Waals surface area contributed by atoms with E-state index in [-0.39, 0.29) is 24.5 Å². The number of carbonyl (C=O) groups is 2. The lowest BCUT2D eigenvalue weighted by Gasteiger charge is -2.07. The fourth-order valence-electron chi connectivity index (χ4n) is 3.54. The van der Waals surface area contributed by atoms with Crippen molar-refractivity contribution in [3.05, 3.63) is 100 Å². The van der Waals surface area contributed by atoms with Crippen molar-refractivity contribution in [2.24, 2.45) is 0 Å². The summed E-state index contributed by atoms with van der Waals surface area (Å²) in [6.07, 6.45) is 0.383. The van der Waals surface area contributed by atoms with Gasteiger partial charge in [0, 0.05) is 41.5 Å². The maximum atomic E-state index is 12.4. The van der Waals surface area contributed by atoms with E-state index in [1.54, 1.807) is 11.3 Å². The molecule has 0 radical (unpaired) electrons. The van der Waals surface area contributed by atoms with E-state index in [2.05, 4.69) is 22.8 Å². The zero-order valence-corrected chi connectivity index (χ0v) is 19.6. The average molecular weight is 455 g/mol. The number of nitrogens with zero attached hydrogens (tertiary/aromatic N) is 1. The third-order valence-corrected chi connectivity index (χ3v) is 6.54. The molecule has 4 aromatic rings. The molecule has 0 spiro atoms. The van der Waals surface area contributed by atoms with Crippen molar-refractivity contribution >= 4 is 23.0 Å². The monoisotopic (exact) mass is 454 g/mol. The molecular weight excluding hydrogens is 428 g/mol. The van der Waals surface area contributed by atoms with E-state index in [0.717, 1.165) is 38.5 Å². The van der Waals surface area contributed by atoms with Gasteiger partial charge >= 0.3 is 0 Å². The van der Waals surface area contributed by atoms with Gasteiger partial charge in [-0.25, -0.2) is 4.98 Å². The zero-order valence-electron chi connectivity index (χ0n) is 18.8. The van der Waals surface area contributed by atoms with Crippen LogP contribution in [-0.2, 0) is 11.3 Å². The standard InChI is InChI=1S/C28H26N2O2S/c1-19-11-12-23(15-20(19)2)26(31)13-14-27(32)29-17-21-7-6-10-24(16-21)28-30-25(18-33-28)22-8-4-3-5-9-22/h3-12,15-16,18H,13-14,17H2,1-2H3,(H,29,32). The van der Waals surface area contributed by atoms with Crippen LogP contribution >= 0.6 is 11.3 Å². The highest BCUT2D eigenvalue weighted by Gasteiger charge is 2.11. The number of benzene rings is 3. The lowest BCUT2D eigenvalue weighted by atomic mass is 10.0. The van der Waals surface area contributed by atoms with Crippen LogP contribution in [0, 0.1) is 13.8 Å². The quantitative estimate of drug-likeness (QED) is 0.315. The molecule has 0 fully saturated rings. The van der Waals surface area contributed by atoms with Crippen LogP contribution in [0.4, 0.5) is 0 Å². The van der Waals surface area contributed by atoms with E-state index < -0.39 is 0 Å². The number of ketones is 1. The van der Waals surface area contributed by atoms with Gasteiger partial charge in [0.05, 0.1) is 5.69 Å². The molecule has 3 aromatic carbocycles. The van der Waals surface area contributed by atoms with Gasteiger partial charge in [-0.3, -0.25) is 9.59 Å². The Kier molecular flexibility index (Phi) is 7.10. The number of aromatic nitrogens is 1. The van der Waals surface area contributed by atoms with Crippen molar-refractivity contribution in [1.29, 1.82) is 0 Å². The highest BCUT2D eigenvalue weighted by molar-refractivity contribution is 7.13. The van der Waals surface area contributed by atoms with E-state index in [4.69, 9.17) is 4.98 Å². The van der Waals surface area contributed by atoms with Crippen molar-refractivity contribution in [3.63, 3.8) is 0 Å². The Morgan fingerprint density at radius 1 is 0.848 bits per heavy atom. The lowest BCUT2D eigenvalue weighted by molar-refractivity contribution is -0.121. The molecule has 0 aliphatic heterocycles. The number of carbonyl (C=O) groups excluding carboxylic acids is 2.